The van der Waals surface area contributed by atoms with Crippen molar-refractivity contribution in [2.45, 2.75) is 0 Å². The van der Waals surface area contributed by atoms with Crippen LogP contribution in [0.3, 0.4) is 0 Å². The van der Waals surface area contributed by atoms with Crippen LogP contribution in [0, 0.1) is 0 Å². The lowest BCUT2D eigenvalue weighted by atomic mass is 9.96. The molecule has 2 nitrogen and oxygen atoms in total. The van der Waals surface area contributed by atoms with E-state index in [0.717, 1.165) is 50.1 Å². The fourth-order valence-electron chi connectivity index (χ4n) is 7.79. The lowest BCUT2D eigenvalue weighted by Gasteiger charge is -2.29. The van der Waals surface area contributed by atoms with Crippen molar-refractivity contribution in [3.8, 4) is 33.4 Å². The highest BCUT2D eigenvalue weighted by Gasteiger charge is 2.21. The molecule has 0 spiro atoms. The van der Waals surface area contributed by atoms with E-state index in [2.05, 4.69) is 193 Å². The van der Waals surface area contributed by atoms with Crippen LogP contribution >= 0.6 is 0 Å². The first-order chi connectivity index (χ1) is 25.8. The van der Waals surface area contributed by atoms with Crippen molar-refractivity contribution in [3.63, 3.8) is 0 Å². The summed E-state index contributed by atoms with van der Waals surface area (Å²) in [6.45, 7) is 0. The summed E-state index contributed by atoms with van der Waals surface area (Å²) in [7, 11) is 0. The molecule has 52 heavy (non-hydrogen) atoms. The molecule has 0 fully saturated rings. The SMILES string of the molecule is c1ccc(N(c2ccc(-c3ccc(-c4cccc5ccccc45)cc3)cc2)c2cccc3ccccc23)c(-c2cccc3c2oc2ccccc23)c1. The molecule has 0 aliphatic rings. The standard InChI is InChI=1S/C50H33NO/c1-3-16-40-36(12-1)14-9-20-41(40)38-28-26-34(27-29-38)35-30-32-39(33-31-35)51(47-24-10-15-37-13-2-4-17-42(37)47)48-23-7-5-18-43(48)45-21-11-22-46-44-19-6-8-25-49(44)52-50(45)46/h1-33H. The number of hydrogen-bond acceptors (Lipinski definition) is 2. The first-order valence-electron chi connectivity index (χ1n) is 17.8. The summed E-state index contributed by atoms with van der Waals surface area (Å²) in [5.41, 5.74) is 12.1. The summed E-state index contributed by atoms with van der Waals surface area (Å²) in [6.07, 6.45) is 0. The molecule has 0 saturated heterocycles. The first-order valence-corrected chi connectivity index (χ1v) is 17.8. The molecule has 0 radical (unpaired) electrons. The van der Waals surface area contributed by atoms with Crippen LogP contribution in [0.25, 0.3) is 76.9 Å². The first kappa shape index (κ1) is 30.0. The van der Waals surface area contributed by atoms with Gasteiger partial charge in [-0.25, -0.2) is 0 Å². The van der Waals surface area contributed by atoms with Crippen molar-refractivity contribution in [1.82, 2.24) is 0 Å². The maximum Gasteiger partial charge on any atom is 0.143 e. The number of para-hydroxylation sites is 3. The van der Waals surface area contributed by atoms with Gasteiger partial charge in [-0.3, -0.25) is 0 Å². The van der Waals surface area contributed by atoms with Crippen molar-refractivity contribution < 1.29 is 4.42 Å². The van der Waals surface area contributed by atoms with E-state index in [1.54, 1.807) is 0 Å². The third-order valence-corrected chi connectivity index (χ3v) is 10.3. The van der Waals surface area contributed by atoms with Crippen molar-refractivity contribution in [3.05, 3.63) is 200 Å². The van der Waals surface area contributed by atoms with Gasteiger partial charge in [0.15, 0.2) is 0 Å². The predicted molar refractivity (Wildman–Crippen MR) is 220 cm³/mol. The highest BCUT2D eigenvalue weighted by molar-refractivity contribution is 6.11. The zero-order valence-corrected chi connectivity index (χ0v) is 28.4. The van der Waals surface area contributed by atoms with Gasteiger partial charge < -0.3 is 9.32 Å². The fraction of sp³-hybridized carbons (Fsp3) is 0. The van der Waals surface area contributed by atoms with E-state index in [9.17, 15) is 0 Å². The third kappa shape index (κ3) is 5.04. The molecule has 0 unspecified atom stereocenters. The van der Waals surface area contributed by atoms with Gasteiger partial charge in [-0.2, -0.15) is 0 Å². The molecule has 1 aromatic heterocycles. The largest absolute Gasteiger partial charge is 0.455 e. The Bertz CT molecular complexity index is 2890. The van der Waals surface area contributed by atoms with E-state index >= 15 is 0 Å². The van der Waals surface area contributed by atoms with Crippen molar-refractivity contribution in [1.29, 1.82) is 0 Å². The summed E-state index contributed by atoms with van der Waals surface area (Å²) in [5.74, 6) is 0. The minimum absolute atomic E-state index is 0.897. The summed E-state index contributed by atoms with van der Waals surface area (Å²) in [4.78, 5) is 2.40. The molecule has 244 valence electrons. The van der Waals surface area contributed by atoms with Crippen LogP contribution in [0.1, 0.15) is 0 Å². The second-order valence-corrected chi connectivity index (χ2v) is 13.3. The molecule has 0 amide bonds. The molecule has 0 aliphatic heterocycles. The number of nitrogens with zero attached hydrogens (tertiary/aromatic N) is 1. The van der Waals surface area contributed by atoms with Gasteiger partial charge in [-0.05, 0) is 68.7 Å². The average Bonchev–Trinajstić information content (AvgIpc) is 3.61. The quantitative estimate of drug-likeness (QED) is 0.176. The smallest absolute Gasteiger partial charge is 0.143 e. The molecule has 1 heterocycles. The monoisotopic (exact) mass is 663 g/mol. The minimum atomic E-state index is 0.897. The lowest BCUT2D eigenvalue weighted by molar-refractivity contribution is 0.670. The van der Waals surface area contributed by atoms with E-state index in [4.69, 9.17) is 4.42 Å². The molecule has 0 aliphatic carbocycles. The molecule has 0 saturated carbocycles. The highest BCUT2D eigenvalue weighted by atomic mass is 16.3. The average molecular weight is 664 g/mol. The molecular formula is C50H33NO. The number of hydrogen-bond donors (Lipinski definition) is 0. The summed E-state index contributed by atoms with van der Waals surface area (Å²) in [5, 5.41) is 7.16. The van der Waals surface area contributed by atoms with Crippen LogP contribution in [0.5, 0.6) is 0 Å². The Morgan fingerprint density at radius 2 is 0.808 bits per heavy atom. The van der Waals surface area contributed by atoms with Crippen LogP contribution in [0.2, 0.25) is 0 Å². The predicted octanol–water partition coefficient (Wildman–Crippen LogP) is 14.4. The Morgan fingerprint density at radius 1 is 0.308 bits per heavy atom. The molecule has 0 bridgehead atoms. The van der Waals surface area contributed by atoms with E-state index in [1.165, 1.54) is 43.8 Å². The van der Waals surface area contributed by atoms with Gasteiger partial charge in [0.25, 0.3) is 0 Å². The lowest BCUT2D eigenvalue weighted by Crippen LogP contribution is -2.11. The van der Waals surface area contributed by atoms with E-state index < -0.39 is 0 Å². The highest BCUT2D eigenvalue weighted by Crippen LogP contribution is 2.46. The molecular weight excluding hydrogens is 631 g/mol. The zero-order valence-electron chi connectivity index (χ0n) is 28.4. The Balaban J connectivity index is 1.10. The van der Waals surface area contributed by atoms with Gasteiger partial charge in [0, 0.05) is 33.0 Å². The number of rotatable bonds is 6. The fourth-order valence-corrected chi connectivity index (χ4v) is 7.79. The van der Waals surface area contributed by atoms with Crippen LogP contribution in [-0.2, 0) is 0 Å². The van der Waals surface area contributed by atoms with Crippen molar-refractivity contribution >= 4 is 60.5 Å². The zero-order chi connectivity index (χ0) is 34.4. The van der Waals surface area contributed by atoms with Crippen LogP contribution in [-0.4, -0.2) is 0 Å². The number of fused-ring (bicyclic) bond motifs is 5. The molecule has 10 rings (SSSR count). The second-order valence-electron chi connectivity index (χ2n) is 13.3. The molecule has 0 N–H and O–H groups in total. The van der Waals surface area contributed by atoms with Gasteiger partial charge in [0.2, 0.25) is 0 Å². The number of benzene rings is 9. The van der Waals surface area contributed by atoms with Crippen LogP contribution < -0.4 is 4.90 Å². The third-order valence-electron chi connectivity index (χ3n) is 10.3. The van der Waals surface area contributed by atoms with Crippen LogP contribution in [0.4, 0.5) is 17.1 Å². The van der Waals surface area contributed by atoms with E-state index in [-0.39, 0.29) is 0 Å². The van der Waals surface area contributed by atoms with Crippen molar-refractivity contribution in [2.75, 3.05) is 4.90 Å². The Labute approximate surface area is 302 Å². The molecule has 9 aromatic carbocycles. The van der Waals surface area contributed by atoms with Gasteiger partial charge in [0.05, 0.1) is 11.4 Å². The van der Waals surface area contributed by atoms with Gasteiger partial charge in [0.1, 0.15) is 11.2 Å². The van der Waals surface area contributed by atoms with Crippen molar-refractivity contribution in [2.24, 2.45) is 0 Å². The van der Waals surface area contributed by atoms with Gasteiger partial charge in [-0.15, -0.1) is 0 Å². The van der Waals surface area contributed by atoms with E-state index in [0.29, 0.717) is 0 Å². The Kier molecular flexibility index (Phi) is 7.18. The normalized spacial score (nSPS) is 11.5. The van der Waals surface area contributed by atoms with Crippen LogP contribution in [0.15, 0.2) is 205 Å². The molecule has 2 heteroatoms. The Morgan fingerprint density at radius 3 is 1.62 bits per heavy atom. The topological polar surface area (TPSA) is 16.4 Å². The second kappa shape index (κ2) is 12.5. The molecule has 10 aromatic rings. The summed E-state index contributed by atoms with van der Waals surface area (Å²) < 4.78 is 6.56. The van der Waals surface area contributed by atoms with E-state index in [1.807, 2.05) is 12.1 Å². The maximum atomic E-state index is 6.56. The maximum absolute atomic E-state index is 6.56. The van der Waals surface area contributed by atoms with Gasteiger partial charge >= 0.3 is 0 Å². The minimum Gasteiger partial charge on any atom is -0.455 e. The summed E-state index contributed by atoms with van der Waals surface area (Å²) in [6, 6.07) is 71.6. The Hall–Kier alpha value is -6.90. The molecule has 0 atom stereocenters. The van der Waals surface area contributed by atoms with Gasteiger partial charge in [-0.1, -0.05) is 170 Å². The summed E-state index contributed by atoms with van der Waals surface area (Å²) >= 11 is 0. The number of furan rings is 1. The number of anilines is 3.